The number of hydrogen-bond acceptors (Lipinski definition) is 4. The summed E-state index contributed by atoms with van der Waals surface area (Å²) in [5.41, 5.74) is 6.55. The van der Waals surface area contributed by atoms with Crippen molar-refractivity contribution in [3.8, 4) is 0 Å². The first-order chi connectivity index (χ1) is 6.88. The lowest BCUT2D eigenvalue weighted by atomic mass is 10.2. The molecule has 0 atom stereocenters. The molecule has 0 radical (unpaired) electrons. The minimum Gasteiger partial charge on any atom is -0.324 e. The third kappa shape index (κ3) is 1.94. The fraction of sp³-hybridized carbons (Fsp3) is 0.222. The van der Waals surface area contributed by atoms with Gasteiger partial charge in [-0.25, -0.2) is 4.98 Å². The zero-order valence-corrected chi connectivity index (χ0v) is 7.64. The number of nitrogens with zero attached hydrogens (tertiary/aromatic N) is 3. The van der Waals surface area contributed by atoms with E-state index in [2.05, 4.69) is 20.2 Å². The van der Waals surface area contributed by atoms with Gasteiger partial charge in [-0.05, 0) is 17.7 Å². The number of nitrogens with two attached hydrogens (primary N) is 1. The summed E-state index contributed by atoms with van der Waals surface area (Å²) in [7, 11) is 0. The van der Waals surface area contributed by atoms with Gasteiger partial charge in [0.05, 0.1) is 6.54 Å². The minimum absolute atomic E-state index is 0.368. The largest absolute Gasteiger partial charge is 0.324 e. The SMILES string of the molecule is NCc1n[nH]c(Cc2ccncc2)n1. The van der Waals surface area contributed by atoms with Gasteiger partial charge >= 0.3 is 0 Å². The predicted octanol–water partition coefficient (Wildman–Crippen LogP) is 0.249. The number of nitrogens with one attached hydrogen (secondary N) is 1. The van der Waals surface area contributed by atoms with Crippen molar-refractivity contribution in [2.45, 2.75) is 13.0 Å². The fourth-order valence-corrected chi connectivity index (χ4v) is 1.20. The topological polar surface area (TPSA) is 80.5 Å². The van der Waals surface area contributed by atoms with Crippen molar-refractivity contribution < 1.29 is 0 Å². The summed E-state index contributed by atoms with van der Waals surface area (Å²) >= 11 is 0. The predicted molar refractivity (Wildman–Crippen MR) is 51.3 cm³/mol. The Balaban J connectivity index is 2.11. The molecular formula is C9H11N5. The van der Waals surface area contributed by atoms with Gasteiger partial charge in [-0.2, -0.15) is 5.10 Å². The number of H-pyrrole nitrogens is 1. The maximum atomic E-state index is 5.40. The molecule has 0 saturated carbocycles. The third-order valence-corrected chi connectivity index (χ3v) is 1.88. The number of aromatic nitrogens is 4. The lowest BCUT2D eigenvalue weighted by molar-refractivity contribution is 0.916. The van der Waals surface area contributed by atoms with Gasteiger partial charge < -0.3 is 5.73 Å². The molecule has 2 aromatic heterocycles. The number of aromatic amines is 1. The summed E-state index contributed by atoms with van der Waals surface area (Å²) in [6.07, 6.45) is 4.25. The van der Waals surface area contributed by atoms with Crippen molar-refractivity contribution in [2.75, 3.05) is 0 Å². The number of pyridine rings is 1. The molecule has 14 heavy (non-hydrogen) atoms. The van der Waals surface area contributed by atoms with Crippen LogP contribution >= 0.6 is 0 Å². The zero-order chi connectivity index (χ0) is 9.80. The van der Waals surface area contributed by atoms with Crippen LogP contribution in [-0.2, 0) is 13.0 Å². The van der Waals surface area contributed by atoms with Crippen molar-refractivity contribution in [3.05, 3.63) is 41.7 Å². The normalized spacial score (nSPS) is 10.4. The van der Waals surface area contributed by atoms with Gasteiger partial charge in [-0.15, -0.1) is 0 Å². The highest BCUT2D eigenvalue weighted by molar-refractivity contribution is 5.14. The molecule has 0 amide bonds. The van der Waals surface area contributed by atoms with Gasteiger partial charge in [0.15, 0.2) is 5.82 Å². The smallest absolute Gasteiger partial charge is 0.164 e. The van der Waals surface area contributed by atoms with Crippen molar-refractivity contribution >= 4 is 0 Å². The Morgan fingerprint density at radius 2 is 2.07 bits per heavy atom. The van der Waals surface area contributed by atoms with E-state index >= 15 is 0 Å². The van der Waals surface area contributed by atoms with Gasteiger partial charge in [0.2, 0.25) is 0 Å². The summed E-state index contributed by atoms with van der Waals surface area (Å²) < 4.78 is 0. The van der Waals surface area contributed by atoms with Gasteiger partial charge in [0.25, 0.3) is 0 Å². The van der Waals surface area contributed by atoms with Crippen LogP contribution in [0.3, 0.4) is 0 Å². The Kier molecular flexibility index (Phi) is 2.51. The number of hydrogen-bond donors (Lipinski definition) is 2. The van der Waals surface area contributed by atoms with Crippen LogP contribution in [0, 0.1) is 0 Å². The molecular weight excluding hydrogens is 178 g/mol. The summed E-state index contributed by atoms with van der Waals surface area (Å²) in [6.45, 7) is 0.368. The van der Waals surface area contributed by atoms with Gasteiger partial charge in [0.1, 0.15) is 5.82 Å². The van der Waals surface area contributed by atoms with Crippen molar-refractivity contribution in [3.63, 3.8) is 0 Å². The van der Waals surface area contributed by atoms with E-state index in [1.165, 1.54) is 0 Å². The monoisotopic (exact) mass is 189 g/mol. The van der Waals surface area contributed by atoms with Crippen LogP contribution in [0.5, 0.6) is 0 Å². The molecule has 0 aromatic carbocycles. The van der Waals surface area contributed by atoms with Crippen LogP contribution in [0.15, 0.2) is 24.5 Å². The average Bonchev–Trinajstić information content (AvgIpc) is 2.67. The van der Waals surface area contributed by atoms with E-state index in [4.69, 9.17) is 5.73 Å². The van der Waals surface area contributed by atoms with E-state index in [1.807, 2.05) is 12.1 Å². The molecule has 0 spiro atoms. The van der Waals surface area contributed by atoms with Crippen LogP contribution in [-0.4, -0.2) is 20.2 Å². The van der Waals surface area contributed by atoms with Crippen molar-refractivity contribution in [2.24, 2.45) is 5.73 Å². The second kappa shape index (κ2) is 3.97. The van der Waals surface area contributed by atoms with Crippen LogP contribution < -0.4 is 5.73 Å². The molecule has 0 aliphatic heterocycles. The van der Waals surface area contributed by atoms with E-state index in [-0.39, 0.29) is 0 Å². The lowest BCUT2D eigenvalue weighted by Crippen LogP contribution is -1.98. The Morgan fingerprint density at radius 1 is 1.29 bits per heavy atom. The molecule has 0 saturated heterocycles. The maximum absolute atomic E-state index is 5.40. The Bertz CT molecular complexity index is 395. The molecule has 72 valence electrons. The third-order valence-electron chi connectivity index (χ3n) is 1.88. The lowest BCUT2D eigenvalue weighted by Gasteiger charge is -1.94. The first-order valence-electron chi connectivity index (χ1n) is 4.37. The second-order valence-corrected chi connectivity index (χ2v) is 2.93. The van der Waals surface area contributed by atoms with Gasteiger partial charge in [-0.1, -0.05) is 0 Å². The Morgan fingerprint density at radius 3 is 2.71 bits per heavy atom. The highest BCUT2D eigenvalue weighted by Gasteiger charge is 2.01. The van der Waals surface area contributed by atoms with Crippen LogP contribution in [0.4, 0.5) is 0 Å². The van der Waals surface area contributed by atoms with E-state index in [9.17, 15) is 0 Å². The zero-order valence-electron chi connectivity index (χ0n) is 7.64. The first kappa shape index (κ1) is 8.83. The van der Waals surface area contributed by atoms with E-state index in [0.29, 0.717) is 12.4 Å². The Labute approximate surface area is 81.4 Å². The summed E-state index contributed by atoms with van der Waals surface area (Å²) in [5.74, 6) is 1.48. The second-order valence-electron chi connectivity index (χ2n) is 2.93. The van der Waals surface area contributed by atoms with E-state index in [0.717, 1.165) is 17.8 Å². The molecule has 0 unspecified atom stereocenters. The minimum atomic E-state index is 0.368. The molecule has 0 aliphatic carbocycles. The average molecular weight is 189 g/mol. The summed E-state index contributed by atoms with van der Waals surface area (Å²) in [6, 6.07) is 3.90. The van der Waals surface area contributed by atoms with E-state index < -0.39 is 0 Å². The van der Waals surface area contributed by atoms with Crippen LogP contribution in [0.2, 0.25) is 0 Å². The Hall–Kier alpha value is -1.75. The van der Waals surface area contributed by atoms with Crippen LogP contribution in [0.1, 0.15) is 17.2 Å². The van der Waals surface area contributed by atoms with Crippen molar-refractivity contribution in [1.82, 2.24) is 20.2 Å². The van der Waals surface area contributed by atoms with Crippen LogP contribution in [0.25, 0.3) is 0 Å². The molecule has 5 nitrogen and oxygen atoms in total. The molecule has 2 aromatic rings. The van der Waals surface area contributed by atoms with Gasteiger partial charge in [-0.3, -0.25) is 10.1 Å². The fourth-order valence-electron chi connectivity index (χ4n) is 1.20. The molecule has 2 heterocycles. The van der Waals surface area contributed by atoms with Crippen molar-refractivity contribution in [1.29, 1.82) is 0 Å². The highest BCUT2D eigenvalue weighted by atomic mass is 15.2. The molecule has 0 fully saturated rings. The standard InChI is InChI=1S/C9H11N5/c10-6-9-12-8(13-14-9)5-7-1-3-11-4-2-7/h1-4H,5-6,10H2,(H,12,13,14). The molecule has 0 bridgehead atoms. The molecule has 0 aliphatic rings. The summed E-state index contributed by atoms with van der Waals surface area (Å²) in [5, 5.41) is 6.80. The highest BCUT2D eigenvalue weighted by Crippen LogP contribution is 2.03. The van der Waals surface area contributed by atoms with E-state index in [1.54, 1.807) is 12.4 Å². The maximum Gasteiger partial charge on any atom is 0.164 e. The molecule has 3 N–H and O–H groups in total. The molecule has 5 heteroatoms. The quantitative estimate of drug-likeness (QED) is 0.725. The van der Waals surface area contributed by atoms with Gasteiger partial charge in [0, 0.05) is 18.8 Å². The number of rotatable bonds is 3. The molecule has 2 rings (SSSR count). The first-order valence-corrected chi connectivity index (χ1v) is 4.37. The summed E-state index contributed by atoms with van der Waals surface area (Å²) in [4.78, 5) is 8.15.